The van der Waals surface area contributed by atoms with Gasteiger partial charge in [-0.2, -0.15) is 5.10 Å². The molecule has 1 aliphatic rings. The Bertz CT molecular complexity index is 632. The molecule has 134 valence electrons. The number of nitrogens with zero attached hydrogens (tertiary/aromatic N) is 3. The Morgan fingerprint density at radius 2 is 2.29 bits per heavy atom. The van der Waals surface area contributed by atoms with E-state index < -0.39 is 18.2 Å². The van der Waals surface area contributed by atoms with E-state index in [0.717, 1.165) is 18.7 Å². The Hall–Kier alpha value is -1.76. The van der Waals surface area contributed by atoms with Gasteiger partial charge in [-0.25, -0.2) is 13.9 Å². The van der Waals surface area contributed by atoms with Gasteiger partial charge in [0.05, 0.1) is 12.8 Å². The number of carbonyl (C=O) groups is 1. The van der Waals surface area contributed by atoms with Crippen molar-refractivity contribution in [2.24, 2.45) is 0 Å². The van der Waals surface area contributed by atoms with Crippen LogP contribution in [0.3, 0.4) is 0 Å². The Kier molecular flexibility index (Phi) is 6.48. The second-order valence-corrected chi connectivity index (χ2v) is 6.33. The minimum atomic E-state index is -0.748. The summed E-state index contributed by atoms with van der Waals surface area (Å²) in [6.07, 6.45) is 1.68. The molecule has 2 rings (SSSR count). The molecule has 24 heavy (non-hydrogen) atoms. The molecule has 0 spiro atoms. The minimum Gasteiger partial charge on any atom is -0.467 e. The molecule has 2 unspecified atom stereocenters. The second kappa shape index (κ2) is 8.37. The number of ether oxygens (including phenoxy) is 1. The second-order valence-electron chi connectivity index (χ2n) is 6.33. The van der Waals surface area contributed by atoms with Gasteiger partial charge in [-0.3, -0.25) is 9.69 Å². The normalized spacial score (nSPS) is 19.4. The molecular formula is C17H26FN3O3. The zero-order chi connectivity index (χ0) is 17.7. The summed E-state index contributed by atoms with van der Waals surface area (Å²) in [5.41, 5.74) is 1.02. The third kappa shape index (κ3) is 4.41. The zero-order valence-electron chi connectivity index (χ0n) is 14.6. The Morgan fingerprint density at radius 3 is 2.88 bits per heavy atom. The monoisotopic (exact) mass is 339 g/mol. The molecule has 0 aliphatic carbocycles. The first-order chi connectivity index (χ1) is 11.5. The van der Waals surface area contributed by atoms with Gasteiger partial charge in [0, 0.05) is 31.6 Å². The molecule has 0 amide bonds. The molecule has 2 heterocycles. The van der Waals surface area contributed by atoms with Crippen molar-refractivity contribution in [3.63, 3.8) is 0 Å². The van der Waals surface area contributed by atoms with Crippen LogP contribution in [-0.4, -0.2) is 53.6 Å². The maximum absolute atomic E-state index is 13.2. The van der Waals surface area contributed by atoms with Gasteiger partial charge in [-0.15, -0.1) is 0 Å². The Morgan fingerprint density at radius 1 is 1.54 bits per heavy atom. The lowest BCUT2D eigenvalue weighted by atomic mass is 10.1. The van der Waals surface area contributed by atoms with Crippen molar-refractivity contribution in [1.29, 1.82) is 0 Å². The highest BCUT2D eigenvalue weighted by Gasteiger charge is 2.25. The van der Waals surface area contributed by atoms with E-state index in [0.29, 0.717) is 37.9 Å². The van der Waals surface area contributed by atoms with Gasteiger partial charge in [-0.05, 0) is 25.8 Å². The van der Waals surface area contributed by atoms with Crippen LogP contribution in [0.25, 0.3) is 0 Å². The predicted molar refractivity (Wildman–Crippen MR) is 88.9 cm³/mol. The number of halogens is 1. The molecule has 1 aliphatic heterocycles. The molecule has 0 saturated carbocycles. The molecule has 1 aromatic heterocycles. The van der Waals surface area contributed by atoms with E-state index in [9.17, 15) is 14.0 Å². The van der Waals surface area contributed by atoms with Gasteiger partial charge in [0.15, 0.2) is 6.04 Å². The van der Waals surface area contributed by atoms with Gasteiger partial charge in [-0.1, -0.05) is 13.3 Å². The van der Waals surface area contributed by atoms with Crippen LogP contribution in [0.2, 0.25) is 0 Å². The van der Waals surface area contributed by atoms with Crippen LogP contribution in [-0.2, 0) is 16.0 Å². The van der Waals surface area contributed by atoms with Crippen LogP contribution in [0.1, 0.15) is 43.5 Å². The van der Waals surface area contributed by atoms with Crippen LogP contribution in [0, 0.1) is 6.92 Å². The first kappa shape index (κ1) is 18.6. The summed E-state index contributed by atoms with van der Waals surface area (Å²) in [6.45, 7) is 5.57. The molecule has 0 radical (unpaired) electrons. The number of hydrogen-bond donors (Lipinski definition) is 0. The van der Waals surface area contributed by atoms with Crippen molar-refractivity contribution >= 4 is 5.97 Å². The van der Waals surface area contributed by atoms with Crippen molar-refractivity contribution in [1.82, 2.24) is 14.7 Å². The number of methoxy groups -OCH3 is 1. The standard InChI is InChI=1S/C17H26FN3O3/c1-4-5-15(17(23)24-3)21-16(22)12(2)10-14(19-21)7-9-20-8-6-13(18)11-20/h10,13,15H,4-9,11H2,1-3H3. The Labute approximate surface area is 141 Å². The van der Waals surface area contributed by atoms with Gasteiger partial charge in [0.25, 0.3) is 5.56 Å². The molecule has 0 bridgehead atoms. The molecular weight excluding hydrogens is 313 g/mol. The molecule has 2 atom stereocenters. The van der Waals surface area contributed by atoms with E-state index in [1.807, 2.05) is 6.92 Å². The highest BCUT2D eigenvalue weighted by Crippen LogP contribution is 2.15. The van der Waals surface area contributed by atoms with Gasteiger partial charge >= 0.3 is 5.97 Å². The van der Waals surface area contributed by atoms with Crippen molar-refractivity contribution in [2.75, 3.05) is 26.7 Å². The van der Waals surface area contributed by atoms with Crippen molar-refractivity contribution in [2.45, 2.75) is 51.7 Å². The van der Waals surface area contributed by atoms with Crippen LogP contribution < -0.4 is 5.56 Å². The fourth-order valence-corrected chi connectivity index (χ4v) is 3.05. The molecule has 6 nitrogen and oxygen atoms in total. The fraction of sp³-hybridized carbons (Fsp3) is 0.706. The number of likely N-dealkylation sites (tertiary alicyclic amines) is 1. The third-order valence-corrected chi connectivity index (χ3v) is 4.39. The molecule has 0 aromatic carbocycles. The highest BCUT2D eigenvalue weighted by atomic mass is 19.1. The van der Waals surface area contributed by atoms with Crippen molar-refractivity contribution in [3.05, 3.63) is 27.7 Å². The highest BCUT2D eigenvalue weighted by molar-refractivity contribution is 5.73. The van der Waals surface area contributed by atoms with Crippen LogP contribution >= 0.6 is 0 Å². The molecule has 7 heteroatoms. The number of aryl methyl sites for hydroxylation is 1. The fourth-order valence-electron chi connectivity index (χ4n) is 3.05. The van der Waals surface area contributed by atoms with E-state index in [2.05, 4.69) is 10.00 Å². The average molecular weight is 339 g/mol. The quantitative estimate of drug-likeness (QED) is 0.707. The van der Waals surface area contributed by atoms with Crippen molar-refractivity contribution < 1.29 is 13.9 Å². The third-order valence-electron chi connectivity index (χ3n) is 4.39. The SMILES string of the molecule is CCCC(C(=O)OC)n1nc(CCN2CCC(F)C2)cc(C)c1=O. The topological polar surface area (TPSA) is 64.4 Å². The summed E-state index contributed by atoms with van der Waals surface area (Å²) in [5.74, 6) is -0.456. The van der Waals surface area contributed by atoms with Gasteiger partial charge in [0.1, 0.15) is 6.17 Å². The van der Waals surface area contributed by atoms with Crippen molar-refractivity contribution in [3.8, 4) is 0 Å². The summed E-state index contributed by atoms with van der Waals surface area (Å²) >= 11 is 0. The lowest BCUT2D eigenvalue weighted by molar-refractivity contribution is -0.145. The van der Waals surface area contributed by atoms with E-state index in [1.54, 1.807) is 13.0 Å². The first-order valence-corrected chi connectivity index (χ1v) is 8.49. The van der Waals surface area contributed by atoms with Crippen LogP contribution in [0.4, 0.5) is 4.39 Å². The summed E-state index contributed by atoms with van der Waals surface area (Å²) in [6, 6.07) is 1.05. The van der Waals surface area contributed by atoms with Gasteiger partial charge < -0.3 is 4.74 Å². The number of aromatic nitrogens is 2. The van der Waals surface area contributed by atoms with E-state index in [4.69, 9.17) is 4.74 Å². The lowest BCUT2D eigenvalue weighted by Gasteiger charge is -2.18. The predicted octanol–water partition coefficient (Wildman–Crippen LogP) is 1.65. The number of esters is 1. The van der Waals surface area contributed by atoms with Crippen LogP contribution in [0.5, 0.6) is 0 Å². The first-order valence-electron chi connectivity index (χ1n) is 8.49. The average Bonchev–Trinajstić information content (AvgIpc) is 2.98. The number of hydrogen-bond acceptors (Lipinski definition) is 5. The number of carbonyl (C=O) groups excluding carboxylic acids is 1. The number of alkyl halides is 1. The molecule has 1 aromatic rings. The lowest BCUT2D eigenvalue weighted by Crippen LogP contribution is -2.35. The van der Waals surface area contributed by atoms with Gasteiger partial charge in [0.2, 0.25) is 0 Å². The molecule has 1 fully saturated rings. The zero-order valence-corrected chi connectivity index (χ0v) is 14.6. The van der Waals surface area contributed by atoms with E-state index in [1.165, 1.54) is 11.8 Å². The van der Waals surface area contributed by atoms with E-state index in [-0.39, 0.29) is 5.56 Å². The smallest absolute Gasteiger partial charge is 0.330 e. The van der Waals surface area contributed by atoms with Crippen LogP contribution in [0.15, 0.2) is 10.9 Å². The van der Waals surface area contributed by atoms with E-state index >= 15 is 0 Å². The molecule has 1 saturated heterocycles. The summed E-state index contributed by atoms with van der Waals surface area (Å²) in [7, 11) is 1.31. The summed E-state index contributed by atoms with van der Waals surface area (Å²) in [4.78, 5) is 26.5. The largest absolute Gasteiger partial charge is 0.467 e. The minimum absolute atomic E-state index is 0.271. The maximum Gasteiger partial charge on any atom is 0.330 e. The Balaban J connectivity index is 2.20. The molecule has 0 N–H and O–H groups in total. The summed E-state index contributed by atoms with van der Waals surface area (Å²) in [5, 5.41) is 4.38. The summed E-state index contributed by atoms with van der Waals surface area (Å²) < 4.78 is 19.3. The maximum atomic E-state index is 13.2. The number of rotatable bonds is 7.